The van der Waals surface area contributed by atoms with Crippen molar-refractivity contribution in [2.75, 3.05) is 13.2 Å². The molecule has 13 heavy (non-hydrogen) atoms. The molecule has 1 N–H and O–H groups in total. The van der Waals surface area contributed by atoms with E-state index in [-0.39, 0.29) is 18.1 Å². The van der Waals surface area contributed by atoms with Gasteiger partial charge >= 0.3 is 0 Å². The minimum absolute atomic E-state index is 0.0721. The molecule has 0 saturated carbocycles. The summed E-state index contributed by atoms with van der Waals surface area (Å²) < 4.78 is 5.78. The number of hydrogen-bond acceptors (Lipinski definition) is 2. The SMILES string of the molecule is CC(C)(CO)C1CCCCCCO1. The van der Waals surface area contributed by atoms with Gasteiger partial charge < -0.3 is 9.84 Å². The predicted octanol–water partition coefficient (Wildman–Crippen LogP) is 2.35. The van der Waals surface area contributed by atoms with Gasteiger partial charge in [0.15, 0.2) is 0 Å². The monoisotopic (exact) mass is 186 g/mol. The minimum atomic E-state index is -0.0721. The van der Waals surface area contributed by atoms with Gasteiger partial charge in [-0.3, -0.25) is 0 Å². The van der Waals surface area contributed by atoms with Gasteiger partial charge in [-0.15, -0.1) is 0 Å². The molecule has 0 aromatic rings. The number of hydrogen-bond donors (Lipinski definition) is 1. The molecule has 1 unspecified atom stereocenters. The van der Waals surface area contributed by atoms with Gasteiger partial charge in [-0.25, -0.2) is 0 Å². The van der Waals surface area contributed by atoms with Crippen LogP contribution in [0.5, 0.6) is 0 Å². The van der Waals surface area contributed by atoms with E-state index in [1.165, 1.54) is 25.7 Å². The van der Waals surface area contributed by atoms with Crippen LogP contribution in [0.15, 0.2) is 0 Å². The first-order valence-electron chi connectivity index (χ1n) is 5.39. The van der Waals surface area contributed by atoms with Gasteiger partial charge in [0.2, 0.25) is 0 Å². The molecule has 0 aliphatic carbocycles. The molecular weight excluding hydrogens is 164 g/mol. The molecule has 1 rings (SSSR count). The van der Waals surface area contributed by atoms with Crippen LogP contribution in [0.25, 0.3) is 0 Å². The molecular formula is C11H22O2. The lowest BCUT2D eigenvalue weighted by molar-refractivity contribution is -0.0595. The Balaban J connectivity index is 2.45. The molecule has 1 aliphatic heterocycles. The van der Waals surface area contributed by atoms with Gasteiger partial charge in [-0.05, 0) is 12.8 Å². The van der Waals surface area contributed by atoms with Crippen LogP contribution in [0.4, 0.5) is 0 Å². The van der Waals surface area contributed by atoms with Gasteiger partial charge in [0.1, 0.15) is 0 Å². The second-order valence-electron chi connectivity index (χ2n) is 4.71. The Kier molecular flexibility index (Phi) is 4.20. The quantitative estimate of drug-likeness (QED) is 0.717. The van der Waals surface area contributed by atoms with Crippen molar-refractivity contribution in [3.8, 4) is 0 Å². The van der Waals surface area contributed by atoms with Crippen molar-refractivity contribution in [1.82, 2.24) is 0 Å². The molecule has 1 aliphatic rings. The van der Waals surface area contributed by atoms with Gasteiger partial charge in [0, 0.05) is 12.0 Å². The van der Waals surface area contributed by atoms with Gasteiger partial charge in [-0.2, -0.15) is 0 Å². The Hall–Kier alpha value is -0.0800. The number of aliphatic hydroxyl groups excluding tert-OH is 1. The van der Waals surface area contributed by atoms with E-state index in [4.69, 9.17) is 4.74 Å². The van der Waals surface area contributed by atoms with Crippen LogP contribution in [0.3, 0.4) is 0 Å². The number of ether oxygens (including phenoxy) is 1. The minimum Gasteiger partial charge on any atom is -0.396 e. The smallest absolute Gasteiger partial charge is 0.0647 e. The Bertz CT molecular complexity index is 135. The second-order valence-corrected chi connectivity index (χ2v) is 4.71. The van der Waals surface area contributed by atoms with Crippen LogP contribution >= 0.6 is 0 Å². The molecule has 0 aromatic carbocycles. The van der Waals surface area contributed by atoms with Gasteiger partial charge in [-0.1, -0.05) is 33.1 Å². The van der Waals surface area contributed by atoms with Crippen molar-refractivity contribution < 1.29 is 9.84 Å². The summed E-state index contributed by atoms with van der Waals surface area (Å²) in [7, 11) is 0. The molecule has 0 bridgehead atoms. The maximum Gasteiger partial charge on any atom is 0.0647 e. The third-order valence-corrected chi connectivity index (χ3v) is 2.96. The zero-order chi connectivity index (χ0) is 9.73. The van der Waals surface area contributed by atoms with Crippen molar-refractivity contribution in [3.63, 3.8) is 0 Å². The van der Waals surface area contributed by atoms with Crippen molar-refractivity contribution in [2.24, 2.45) is 5.41 Å². The lowest BCUT2D eigenvalue weighted by Crippen LogP contribution is -2.36. The molecule has 2 heteroatoms. The standard InChI is InChI=1S/C11H22O2/c1-11(2,9-12)10-7-5-3-4-6-8-13-10/h10,12H,3-9H2,1-2H3. The Morgan fingerprint density at radius 3 is 2.62 bits per heavy atom. The highest BCUT2D eigenvalue weighted by molar-refractivity contribution is 4.79. The fourth-order valence-corrected chi connectivity index (χ4v) is 1.81. The van der Waals surface area contributed by atoms with Crippen LogP contribution in [0.1, 0.15) is 46.0 Å². The van der Waals surface area contributed by atoms with E-state index in [1.54, 1.807) is 0 Å². The van der Waals surface area contributed by atoms with E-state index in [1.807, 2.05) is 0 Å². The fraction of sp³-hybridized carbons (Fsp3) is 1.00. The molecule has 1 fully saturated rings. The van der Waals surface area contributed by atoms with Crippen LogP contribution in [-0.2, 0) is 4.74 Å². The van der Waals surface area contributed by atoms with Crippen molar-refractivity contribution in [2.45, 2.75) is 52.1 Å². The first-order chi connectivity index (χ1) is 6.17. The first-order valence-corrected chi connectivity index (χ1v) is 5.39. The molecule has 2 nitrogen and oxygen atoms in total. The van der Waals surface area contributed by atoms with Crippen molar-refractivity contribution in [3.05, 3.63) is 0 Å². The number of rotatable bonds is 2. The molecule has 0 radical (unpaired) electrons. The lowest BCUT2D eigenvalue weighted by Gasteiger charge is -2.33. The Morgan fingerprint density at radius 2 is 1.92 bits per heavy atom. The highest BCUT2D eigenvalue weighted by Crippen LogP contribution is 2.28. The first kappa shape index (κ1) is 11.0. The summed E-state index contributed by atoms with van der Waals surface area (Å²) in [4.78, 5) is 0. The molecule has 0 amide bonds. The van der Waals surface area contributed by atoms with E-state index >= 15 is 0 Å². The molecule has 0 aromatic heterocycles. The van der Waals surface area contributed by atoms with Crippen LogP contribution < -0.4 is 0 Å². The van der Waals surface area contributed by atoms with E-state index in [0.29, 0.717) is 0 Å². The predicted molar refractivity (Wildman–Crippen MR) is 53.7 cm³/mol. The lowest BCUT2D eigenvalue weighted by atomic mass is 9.84. The molecule has 1 heterocycles. The molecule has 0 spiro atoms. The number of aliphatic hydroxyl groups is 1. The van der Waals surface area contributed by atoms with Crippen LogP contribution in [0, 0.1) is 5.41 Å². The van der Waals surface area contributed by atoms with Crippen molar-refractivity contribution in [1.29, 1.82) is 0 Å². The van der Waals surface area contributed by atoms with Gasteiger partial charge in [0.05, 0.1) is 12.7 Å². The molecule has 78 valence electrons. The average Bonchev–Trinajstić information content (AvgIpc) is 2.03. The van der Waals surface area contributed by atoms with Gasteiger partial charge in [0.25, 0.3) is 0 Å². The summed E-state index contributed by atoms with van der Waals surface area (Å²) in [6, 6.07) is 0. The maximum absolute atomic E-state index is 9.23. The van der Waals surface area contributed by atoms with Crippen LogP contribution in [-0.4, -0.2) is 24.4 Å². The summed E-state index contributed by atoms with van der Waals surface area (Å²) in [5.41, 5.74) is -0.0721. The second kappa shape index (κ2) is 4.97. The third-order valence-electron chi connectivity index (χ3n) is 2.96. The van der Waals surface area contributed by atoms with E-state index in [0.717, 1.165) is 13.0 Å². The summed E-state index contributed by atoms with van der Waals surface area (Å²) in [6.45, 7) is 5.25. The maximum atomic E-state index is 9.23. The third kappa shape index (κ3) is 3.28. The normalized spacial score (nSPS) is 26.5. The largest absolute Gasteiger partial charge is 0.396 e. The topological polar surface area (TPSA) is 29.5 Å². The zero-order valence-corrected chi connectivity index (χ0v) is 8.88. The summed E-state index contributed by atoms with van der Waals surface area (Å²) in [5.74, 6) is 0. The zero-order valence-electron chi connectivity index (χ0n) is 8.88. The fourth-order valence-electron chi connectivity index (χ4n) is 1.81. The molecule has 1 atom stereocenters. The van der Waals surface area contributed by atoms with E-state index < -0.39 is 0 Å². The summed E-state index contributed by atoms with van der Waals surface area (Å²) >= 11 is 0. The Labute approximate surface area is 81.3 Å². The average molecular weight is 186 g/mol. The molecule has 1 saturated heterocycles. The van der Waals surface area contributed by atoms with Crippen LogP contribution in [0.2, 0.25) is 0 Å². The van der Waals surface area contributed by atoms with Crippen molar-refractivity contribution >= 4 is 0 Å². The highest BCUT2D eigenvalue weighted by Gasteiger charge is 2.29. The summed E-state index contributed by atoms with van der Waals surface area (Å²) in [5, 5.41) is 9.23. The van der Waals surface area contributed by atoms with E-state index in [9.17, 15) is 5.11 Å². The highest BCUT2D eigenvalue weighted by atomic mass is 16.5. The van der Waals surface area contributed by atoms with E-state index in [2.05, 4.69) is 13.8 Å². The Morgan fingerprint density at radius 1 is 1.23 bits per heavy atom. The summed E-state index contributed by atoms with van der Waals surface area (Å²) in [6.07, 6.45) is 6.39.